The number of hydrogen-bond donors (Lipinski definition) is 2. The third kappa shape index (κ3) is 3.58. The Morgan fingerprint density at radius 3 is 2.64 bits per heavy atom. The van der Waals surface area contributed by atoms with E-state index in [2.05, 4.69) is 21.9 Å². The molecule has 2 N–H and O–H groups in total. The summed E-state index contributed by atoms with van der Waals surface area (Å²) < 4.78 is 10.8. The van der Waals surface area contributed by atoms with Crippen LogP contribution in [0.2, 0.25) is 0 Å². The number of hydrogen-bond acceptors (Lipinski definition) is 6. The van der Waals surface area contributed by atoms with Gasteiger partial charge in [0.25, 0.3) is 5.56 Å². The van der Waals surface area contributed by atoms with Gasteiger partial charge in [0.05, 0.1) is 25.3 Å². The molecule has 0 saturated carbocycles. The fourth-order valence-electron chi connectivity index (χ4n) is 3.38. The molecular weight excluding hydrogens is 382 g/mol. The molecule has 2 aromatic rings. The number of aromatic nitrogens is 1. The molecule has 0 radical (unpaired) electrons. The molecule has 1 aliphatic rings. The maximum Gasteiger partial charge on any atom is 0.291 e. The standard InChI is InChI=1S/C20H24ClN3O4/c1-4-5-6-7-8-9-22-16-14-13-11(23-20(26)17(14)25)10-12(27-2)18(28-3)15(13)24-19(16)21/h10,25H,4-9H2,1-3H3,(H,23,26). The van der Waals surface area contributed by atoms with Gasteiger partial charge in [0.1, 0.15) is 11.4 Å². The Morgan fingerprint density at radius 2 is 1.96 bits per heavy atom. The summed E-state index contributed by atoms with van der Waals surface area (Å²) in [6.45, 7) is 2.71. The summed E-state index contributed by atoms with van der Waals surface area (Å²) in [6, 6.07) is 1.64. The zero-order valence-electron chi connectivity index (χ0n) is 16.3. The van der Waals surface area contributed by atoms with Crippen LogP contribution in [0, 0.1) is 0 Å². The zero-order valence-corrected chi connectivity index (χ0v) is 17.0. The average Bonchev–Trinajstić information content (AvgIpc) is 2.68. The molecule has 0 aliphatic carbocycles. The molecule has 150 valence electrons. The number of rotatable bonds is 8. The number of nitrogens with one attached hydrogen (secondary N) is 1. The highest BCUT2D eigenvalue weighted by molar-refractivity contribution is 6.87. The van der Waals surface area contributed by atoms with Gasteiger partial charge in [-0.3, -0.25) is 9.79 Å². The lowest BCUT2D eigenvalue weighted by atomic mass is 9.98. The molecule has 0 saturated heterocycles. The summed E-state index contributed by atoms with van der Waals surface area (Å²) in [6.07, 6.45) is 5.50. The first-order valence-electron chi connectivity index (χ1n) is 9.36. The summed E-state index contributed by atoms with van der Waals surface area (Å²) in [5.41, 5.74) is 0.843. The van der Waals surface area contributed by atoms with Crippen molar-refractivity contribution in [3.8, 4) is 17.2 Å². The minimum absolute atomic E-state index is 0.106. The van der Waals surface area contributed by atoms with Crippen molar-refractivity contribution in [1.29, 1.82) is 0 Å². The average molecular weight is 406 g/mol. The molecule has 7 nitrogen and oxygen atoms in total. The van der Waals surface area contributed by atoms with E-state index in [1.54, 1.807) is 6.07 Å². The van der Waals surface area contributed by atoms with Crippen LogP contribution in [-0.2, 0) is 0 Å². The first kappa shape index (κ1) is 20.2. The molecule has 0 unspecified atom stereocenters. The van der Waals surface area contributed by atoms with Gasteiger partial charge in [-0.25, -0.2) is 4.99 Å². The van der Waals surface area contributed by atoms with Gasteiger partial charge in [-0.2, -0.15) is 0 Å². The third-order valence-corrected chi connectivity index (χ3v) is 5.03. The summed E-state index contributed by atoms with van der Waals surface area (Å²) in [4.78, 5) is 23.9. The Hall–Kier alpha value is -2.54. The van der Waals surface area contributed by atoms with Crippen molar-refractivity contribution in [3.05, 3.63) is 22.0 Å². The summed E-state index contributed by atoms with van der Waals surface area (Å²) in [5.74, 6) is 0.347. The summed E-state index contributed by atoms with van der Waals surface area (Å²) in [5, 5.41) is 11.1. The molecular formula is C20H24ClN3O4. The smallest absolute Gasteiger partial charge is 0.291 e. The van der Waals surface area contributed by atoms with E-state index in [0.29, 0.717) is 40.3 Å². The monoisotopic (exact) mass is 405 g/mol. The van der Waals surface area contributed by atoms with Crippen LogP contribution in [-0.4, -0.2) is 41.7 Å². The van der Waals surface area contributed by atoms with Crippen LogP contribution >= 0.6 is 11.6 Å². The van der Waals surface area contributed by atoms with Crippen molar-refractivity contribution < 1.29 is 14.6 Å². The van der Waals surface area contributed by atoms with Crippen molar-refractivity contribution in [1.82, 2.24) is 4.98 Å². The fraction of sp³-hybridized carbons (Fsp3) is 0.450. The van der Waals surface area contributed by atoms with E-state index in [1.165, 1.54) is 27.1 Å². The Morgan fingerprint density at radius 1 is 1.21 bits per heavy atom. The number of benzene rings is 1. The van der Waals surface area contributed by atoms with Crippen molar-refractivity contribution in [2.24, 2.45) is 9.98 Å². The molecule has 8 heteroatoms. The predicted octanol–water partition coefficient (Wildman–Crippen LogP) is 4.29. The lowest BCUT2D eigenvalue weighted by Gasteiger charge is -2.20. The highest BCUT2D eigenvalue weighted by Gasteiger charge is 2.30. The molecule has 0 bridgehead atoms. The maximum absolute atomic E-state index is 12.3. The zero-order chi connectivity index (χ0) is 20.3. The number of pyridine rings is 1. The maximum atomic E-state index is 12.3. The number of aromatic hydroxyl groups is 1. The Balaban J connectivity index is 2.13. The van der Waals surface area contributed by atoms with Gasteiger partial charge in [0.2, 0.25) is 0 Å². The molecule has 0 spiro atoms. The number of nitrogens with zero attached hydrogens (tertiary/aromatic N) is 2. The van der Waals surface area contributed by atoms with Crippen LogP contribution in [0.15, 0.2) is 20.8 Å². The highest BCUT2D eigenvalue weighted by Crippen LogP contribution is 2.47. The molecule has 0 fully saturated rings. The summed E-state index contributed by atoms with van der Waals surface area (Å²) >= 11 is 6.41. The molecule has 2 heterocycles. The van der Waals surface area contributed by atoms with E-state index in [9.17, 15) is 9.90 Å². The van der Waals surface area contributed by atoms with Crippen LogP contribution in [0.5, 0.6) is 17.2 Å². The van der Waals surface area contributed by atoms with Crippen LogP contribution in [0.25, 0.3) is 10.9 Å². The number of halogens is 1. The molecule has 3 rings (SSSR count). The van der Waals surface area contributed by atoms with Crippen molar-refractivity contribution >= 4 is 39.1 Å². The highest BCUT2D eigenvalue weighted by atomic mass is 35.5. The predicted molar refractivity (Wildman–Crippen MR) is 112 cm³/mol. The second-order valence-corrected chi connectivity index (χ2v) is 6.97. The van der Waals surface area contributed by atoms with Crippen molar-refractivity contribution in [2.75, 3.05) is 20.8 Å². The molecule has 1 aromatic carbocycles. The van der Waals surface area contributed by atoms with Crippen LogP contribution in [0.3, 0.4) is 0 Å². The largest absolute Gasteiger partial charge is 0.503 e. The van der Waals surface area contributed by atoms with Crippen LogP contribution in [0.4, 0.5) is 5.69 Å². The van der Waals surface area contributed by atoms with E-state index in [-0.39, 0.29) is 10.7 Å². The lowest BCUT2D eigenvalue weighted by Crippen LogP contribution is -2.20. The Bertz CT molecular complexity index is 1010. The number of ether oxygens (including phenoxy) is 2. The number of methoxy groups -OCH3 is 2. The van der Waals surface area contributed by atoms with Gasteiger partial charge in [-0.15, -0.1) is 0 Å². The second kappa shape index (κ2) is 8.65. The van der Waals surface area contributed by atoms with Gasteiger partial charge in [0.15, 0.2) is 22.4 Å². The number of aliphatic imine (C=N–C) groups is 2. The van der Waals surface area contributed by atoms with Gasteiger partial charge < -0.3 is 19.6 Å². The minimum atomic E-state index is -0.623. The van der Waals surface area contributed by atoms with E-state index in [1.807, 2.05) is 0 Å². The van der Waals surface area contributed by atoms with Crippen LogP contribution in [0.1, 0.15) is 44.6 Å². The van der Waals surface area contributed by atoms with Crippen molar-refractivity contribution in [3.63, 3.8) is 0 Å². The molecule has 1 aliphatic heterocycles. The molecule has 1 aromatic heterocycles. The first-order valence-corrected chi connectivity index (χ1v) is 9.74. The van der Waals surface area contributed by atoms with Crippen molar-refractivity contribution in [2.45, 2.75) is 39.0 Å². The Kier molecular flexibility index (Phi) is 6.24. The van der Waals surface area contributed by atoms with Gasteiger partial charge in [0, 0.05) is 18.0 Å². The minimum Gasteiger partial charge on any atom is -0.503 e. The van der Waals surface area contributed by atoms with E-state index in [4.69, 9.17) is 21.1 Å². The van der Waals surface area contributed by atoms with Gasteiger partial charge >= 0.3 is 0 Å². The lowest BCUT2D eigenvalue weighted by molar-refractivity contribution is 0.356. The molecule has 28 heavy (non-hydrogen) atoms. The SMILES string of the molecule is CCCCCCCN=C1C(Cl)=Nc2c(OC)c(OC)cc3[nH]c(=O)c(O)c1c23. The fourth-order valence-corrected chi connectivity index (χ4v) is 3.62. The van der Waals surface area contributed by atoms with Gasteiger partial charge in [-0.1, -0.05) is 44.2 Å². The Labute approximate surface area is 168 Å². The number of H-pyrrole nitrogens is 1. The normalized spacial score (nSPS) is 14.4. The number of aromatic amines is 1. The van der Waals surface area contributed by atoms with E-state index >= 15 is 0 Å². The second-order valence-electron chi connectivity index (χ2n) is 6.61. The van der Waals surface area contributed by atoms with Gasteiger partial charge in [-0.05, 0) is 6.42 Å². The molecule has 0 amide bonds. The van der Waals surface area contributed by atoms with Crippen LogP contribution < -0.4 is 15.0 Å². The third-order valence-electron chi connectivity index (χ3n) is 4.77. The first-order chi connectivity index (χ1) is 13.5. The quantitative estimate of drug-likeness (QED) is 0.640. The van der Waals surface area contributed by atoms with E-state index < -0.39 is 11.3 Å². The topological polar surface area (TPSA) is 96.3 Å². The summed E-state index contributed by atoms with van der Waals surface area (Å²) in [7, 11) is 2.99. The van der Waals surface area contributed by atoms with E-state index in [0.717, 1.165) is 19.3 Å². The molecule has 0 atom stereocenters. The number of unbranched alkanes of at least 4 members (excludes halogenated alkanes) is 4.